The monoisotopic (exact) mass is 274 g/mol. The van der Waals surface area contributed by atoms with Gasteiger partial charge in [0.05, 0.1) is 6.10 Å². The van der Waals surface area contributed by atoms with Crippen molar-refractivity contribution in [3.63, 3.8) is 0 Å². The van der Waals surface area contributed by atoms with Crippen LogP contribution in [0.3, 0.4) is 0 Å². The average molecular weight is 274 g/mol. The molecule has 0 aliphatic rings. The lowest BCUT2D eigenvalue weighted by atomic mass is 10.1. The lowest BCUT2D eigenvalue weighted by molar-refractivity contribution is 0.194. The van der Waals surface area contributed by atoms with Gasteiger partial charge < -0.3 is 9.84 Å². The number of aliphatic hydroxyl groups is 1. The predicted molar refractivity (Wildman–Crippen MR) is 77.8 cm³/mol. The number of benzene rings is 2. The Hall–Kier alpha value is -1.87. The molecule has 2 aromatic rings. The van der Waals surface area contributed by atoms with Crippen molar-refractivity contribution in [3.05, 3.63) is 58.4 Å². The van der Waals surface area contributed by atoms with Gasteiger partial charge in [-0.05, 0) is 56.5 Å². The number of ether oxygens (including phenoxy) is 1. The third-order valence-corrected chi connectivity index (χ3v) is 3.42. The van der Waals surface area contributed by atoms with Crippen molar-refractivity contribution in [2.24, 2.45) is 0 Å². The molecule has 3 heteroatoms. The topological polar surface area (TPSA) is 29.5 Å². The summed E-state index contributed by atoms with van der Waals surface area (Å²) in [6.45, 7) is 7.49. The molecule has 0 bridgehead atoms. The highest BCUT2D eigenvalue weighted by atomic mass is 19.1. The molecule has 2 rings (SSSR count). The van der Waals surface area contributed by atoms with E-state index in [0.717, 1.165) is 16.7 Å². The molecular formula is C17H19FO2. The number of para-hydroxylation sites is 1. The van der Waals surface area contributed by atoms with Gasteiger partial charge in [0, 0.05) is 5.56 Å². The van der Waals surface area contributed by atoms with Crippen LogP contribution in [-0.2, 0) is 0 Å². The SMILES string of the molecule is Cc1cc(C)c(C)c(Oc2c(F)cccc2[C@H](C)O)c1. The third-order valence-electron chi connectivity index (χ3n) is 3.42. The first-order valence-corrected chi connectivity index (χ1v) is 6.62. The standard InChI is InChI=1S/C17H19FO2/c1-10-8-11(2)12(3)16(9-10)20-17-14(13(4)19)6-5-7-15(17)18/h5-9,13,19H,1-4H3/t13-/m0/s1. The molecule has 1 N–H and O–H groups in total. The Kier molecular flexibility index (Phi) is 4.09. The number of aryl methyl sites for hydroxylation is 2. The lowest BCUT2D eigenvalue weighted by Crippen LogP contribution is -2.00. The maximum atomic E-state index is 14.0. The van der Waals surface area contributed by atoms with Crippen molar-refractivity contribution in [2.75, 3.05) is 0 Å². The summed E-state index contributed by atoms with van der Waals surface area (Å²) < 4.78 is 19.8. The molecular weight excluding hydrogens is 255 g/mol. The Bertz CT molecular complexity index is 633. The van der Waals surface area contributed by atoms with Crippen LogP contribution in [0.2, 0.25) is 0 Å². The summed E-state index contributed by atoms with van der Waals surface area (Å²) in [5.74, 6) is 0.243. The summed E-state index contributed by atoms with van der Waals surface area (Å²) in [6.07, 6.45) is -0.785. The van der Waals surface area contributed by atoms with Crippen molar-refractivity contribution >= 4 is 0 Å². The molecule has 0 saturated carbocycles. The minimum atomic E-state index is -0.785. The van der Waals surface area contributed by atoms with E-state index in [2.05, 4.69) is 6.07 Å². The van der Waals surface area contributed by atoms with Gasteiger partial charge in [-0.15, -0.1) is 0 Å². The van der Waals surface area contributed by atoms with Gasteiger partial charge in [-0.3, -0.25) is 0 Å². The zero-order valence-corrected chi connectivity index (χ0v) is 12.2. The molecule has 0 fully saturated rings. The van der Waals surface area contributed by atoms with Crippen molar-refractivity contribution in [2.45, 2.75) is 33.8 Å². The van der Waals surface area contributed by atoms with Crippen molar-refractivity contribution in [1.29, 1.82) is 0 Å². The second-order valence-electron chi connectivity index (χ2n) is 5.14. The largest absolute Gasteiger partial charge is 0.454 e. The molecule has 0 saturated heterocycles. The summed E-state index contributed by atoms with van der Waals surface area (Å²) in [5, 5.41) is 9.74. The van der Waals surface area contributed by atoms with Crippen LogP contribution >= 0.6 is 0 Å². The van der Waals surface area contributed by atoms with Gasteiger partial charge in [-0.1, -0.05) is 18.2 Å². The van der Waals surface area contributed by atoms with Crippen LogP contribution in [0.5, 0.6) is 11.5 Å². The summed E-state index contributed by atoms with van der Waals surface area (Å²) in [4.78, 5) is 0. The van der Waals surface area contributed by atoms with Gasteiger partial charge in [0.1, 0.15) is 5.75 Å². The summed E-state index contributed by atoms with van der Waals surface area (Å²) in [5.41, 5.74) is 3.56. The fourth-order valence-electron chi connectivity index (χ4n) is 2.18. The summed E-state index contributed by atoms with van der Waals surface area (Å²) in [6, 6.07) is 8.50. The van der Waals surface area contributed by atoms with E-state index in [9.17, 15) is 9.50 Å². The fourth-order valence-corrected chi connectivity index (χ4v) is 2.18. The first-order valence-electron chi connectivity index (χ1n) is 6.62. The predicted octanol–water partition coefficient (Wildman–Crippen LogP) is 4.60. The number of aliphatic hydroxyl groups excluding tert-OH is 1. The molecule has 0 spiro atoms. The minimum absolute atomic E-state index is 0.0931. The Morgan fingerprint density at radius 3 is 2.50 bits per heavy atom. The molecule has 0 aliphatic heterocycles. The minimum Gasteiger partial charge on any atom is -0.454 e. The van der Waals surface area contributed by atoms with Gasteiger partial charge in [0.15, 0.2) is 11.6 Å². The maximum Gasteiger partial charge on any atom is 0.168 e. The van der Waals surface area contributed by atoms with Crippen LogP contribution in [0, 0.1) is 26.6 Å². The molecule has 0 unspecified atom stereocenters. The molecule has 2 nitrogen and oxygen atoms in total. The lowest BCUT2D eigenvalue weighted by Gasteiger charge is -2.16. The normalized spacial score (nSPS) is 12.3. The molecule has 0 radical (unpaired) electrons. The Balaban J connectivity index is 2.50. The van der Waals surface area contributed by atoms with E-state index in [4.69, 9.17) is 4.74 Å². The molecule has 106 valence electrons. The second kappa shape index (κ2) is 5.63. The molecule has 0 heterocycles. The number of hydrogen-bond acceptors (Lipinski definition) is 2. The van der Waals surface area contributed by atoms with Crippen LogP contribution in [0.4, 0.5) is 4.39 Å². The first-order chi connectivity index (χ1) is 9.40. The van der Waals surface area contributed by atoms with E-state index in [-0.39, 0.29) is 5.75 Å². The molecule has 1 atom stereocenters. The van der Waals surface area contributed by atoms with Gasteiger partial charge in [0.2, 0.25) is 0 Å². The molecule has 20 heavy (non-hydrogen) atoms. The second-order valence-corrected chi connectivity index (χ2v) is 5.14. The number of hydrogen-bond donors (Lipinski definition) is 1. The van der Waals surface area contributed by atoms with Gasteiger partial charge in [0.25, 0.3) is 0 Å². The van der Waals surface area contributed by atoms with E-state index < -0.39 is 11.9 Å². The van der Waals surface area contributed by atoms with E-state index in [1.165, 1.54) is 6.07 Å². The van der Waals surface area contributed by atoms with Crippen molar-refractivity contribution in [3.8, 4) is 11.5 Å². The molecule has 0 aromatic heterocycles. The molecule has 2 aromatic carbocycles. The molecule has 0 amide bonds. The van der Waals surface area contributed by atoms with Crippen molar-refractivity contribution in [1.82, 2.24) is 0 Å². The Labute approximate surface area is 118 Å². The van der Waals surface area contributed by atoms with Crippen LogP contribution in [0.25, 0.3) is 0 Å². The summed E-state index contributed by atoms with van der Waals surface area (Å²) in [7, 11) is 0. The maximum absolute atomic E-state index is 14.0. The highest BCUT2D eigenvalue weighted by Gasteiger charge is 2.16. The van der Waals surface area contributed by atoms with E-state index >= 15 is 0 Å². The summed E-state index contributed by atoms with van der Waals surface area (Å²) >= 11 is 0. The van der Waals surface area contributed by atoms with Crippen LogP contribution in [0.1, 0.15) is 35.3 Å². The van der Waals surface area contributed by atoms with Crippen molar-refractivity contribution < 1.29 is 14.2 Å². The van der Waals surface area contributed by atoms with Crippen LogP contribution in [-0.4, -0.2) is 5.11 Å². The number of halogens is 1. The van der Waals surface area contributed by atoms with E-state index in [0.29, 0.717) is 11.3 Å². The van der Waals surface area contributed by atoms with E-state index in [1.807, 2.05) is 26.8 Å². The van der Waals surface area contributed by atoms with Crippen LogP contribution < -0.4 is 4.74 Å². The zero-order valence-electron chi connectivity index (χ0n) is 12.2. The van der Waals surface area contributed by atoms with Gasteiger partial charge >= 0.3 is 0 Å². The fraction of sp³-hybridized carbons (Fsp3) is 0.294. The first kappa shape index (κ1) is 14.5. The van der Waals surface area contributed by atoms with E-state index in [1.54, 1.807) is 19.1 Å². The highest BCUT2D eigenvalue weighted by molar-refractivity contribution is 5.46. The van der Waals surface area contributed by atoms with Gasteiger partial charge in [-0.2, -0.15) is 0 Å². The Morgan fingerprint density at radius 1 is 1.15 bits per heavy atom. The smallest absolute Gasteiger partial charge is 0.168 e. The average Bonchev–Trinajstić information content (AvgIpc) is 2.37. The third kappa shape index (κ3) is 2.83. The zero-order chi connectivity index (χ0) is 14.9. The Morgan fingerprint density at radius 2 is 1.85 bits per heavy atom. The van der Waals surface area contributed by atoms with Crippen LogP contribution in [0.15, 0.2) is 30.3 Å². The quantitative estimate of drug-likeness (QED) is 0.886. The van der Waals surface area contributed by atoms with Gasteiger partial charge in [-0.25, -0.2) is 4.39 Å². The number of rotatable bonds is 3. The highest BCUT2D eigenvalue weighted by Crippen LogP contribution is 2.34. The molecule has 0 aliphatic carbocycles.